The van der Waals surface area contributed by atoms with Crippen LogP contribution in [0.25, 0.3) is 0 Å². The first-order valence-corrected chi connectivity index (χ1v) is 8.64. The predicted molar refractivity (Wildman–Crippen MR) is 104 cm³/mol. The molecule has 7 heteroatoms. The molecular weight excluding hydrogens is 344 g/mol. The van der Waals surface area contributed by atoms with Crippen LogP contribution < -0.4 is 10.2 Å². The number of hydrogen-bond donors (Lipinski definition) is 2. The van der Waals surface area contributed by atoms with Gasteiger partial charge in [0, 0.05) is 19.3 Å². The van der Waals surface area contributed by atoms with E-state index in [-0.39, 0.29) is 6.61 Å². The second-order valence-corrected chi connectivity index (χ2v) is 6.52. The van der Waals surface area contributed by atoms with Crippen LogP contribution in [0.1, 0.15) is 18.1 Å². The third kappa shape index (κ3) is 3.68. The molecule has 0 unspecified atom stereocenters. The van der Waals surface area contributed by atoms with E-state index in [0.717, 1.165) is 16.3 Å². The first kappa shape index (κ1) is 18.6. The van der Waals surface area contributed by atoms with Crippen LogP contribution in [-0.2, 0) is 10.3 Å². The SMILES string of the molecule is CN(CCO)c1ccc(/C=N\N2C(=O)N[C@@](C)(c3ccccc3)C2=O)cc1. The maximum atomic E-state index is 12.8. The van der Waals surface area contributed by atoms with Gasteiger partial charge in [-0.3, -0.25) is 4.79 Å². The molecule has 1 aliphatic rings. The van der Waals surface area contributed by atoms with E-state index in [1.807, 2.05) is 54.4 Å². The van der Waals surface area contributed by atoms with Crippen molar-refractivity contribution in [2.24, 2.45) is 5.10 Å². The van der Waals surface area contributed by atoms with Gasteiger partial charge < -0.3 is 15.3 Å². The lowest BCUT2D eigenvalue weighted by Gasteiger charge is -2.20. The zero-order valence-electron chi connectivity index (χ0n) is 15.3. The second kappa shape index (κ2) is 7.59. The highest BCUT2D eigenvalue weighted by molar-refractivity contribution is 6.07. The normalized spacial score (nSPS) is 19.6. The molecule has 3 amide bonds. The molecule has 1 heterocycles. The minimum absolute atomic E-state index is 0.0755. The second-order valence-electron chi connectivity index (χ2n) is 6.52. The lowest BCUT2D eigenvalue weighted by molar-refractivity contribution is -0.131. The molecule has 2 N–H and O–H groups in total. The number of aliphatic hydroxyl groups excluding tert-OH is 1. The highest BCUT2D eigenvalue weighted by Crippen LogP contribution is 2.28. The number of benzene rings is 2. The number of carbonyl (C=O) groups is 2. The van der Waals surface area contributed by atoms with E-state index in [9.17, 15) is 9.59 Å². The Bertz CT molecular complexity index is 851. The number of nitrogens with zero attached hydrogens (tertiary/aromatic N) is 3. The first-order valence-electron chi connectivity index (χ1n) is 8.64. The maximum absolute atomic E-state index is 12.8. The van der Waals surface area contributed by atoms with Gasteiger partial charge in [0.25, 0.3) is 5.91 Å². The summed E-state index contributed by atoms with van der Waals surface area (Å²) in [6.07, 6.45) is 1.48. The summed E-state index contributed by atoms with van der Waals surface area (Å²) in [7, 11) is 1.89. The highest BCUT2D eigenvalue weighted by atomic mass is 16.3. The minimum Gasteiger partial charge on any atom is -0.395 e. The molecular formula is C20H22N4O3. The summed E-state index contributed by atoms with van der Waals surface area (Å²) >= 11 is 0. The highest BCUT2D eigenvalue weighted by Gasteiger charge is 2.49. The van der Waals surface area contributed by atoms with Crippen molar-refractivity contribution in [3.8, 4) is 0 Å². The predicted octanol–water partition coefficient (Wildman–Crippen LogP) is 1.92. The molecule has 0 spiro atoms. The maximum Gasteiger partial charge on any atom is 0.346 e. The van der Waals surface area contributed by atoms with Gasteiger partial charge in [-0.15, -0.1) is 5.01 Å². The van der Waals surface area contributed by atoms with Gasteiger partial charge in [0.15, 0.2) is 0 Å². The van der Waals surface area contributed by atoms with Crippen LogP contribution in [0.5, 0.6) is 0 Å². The Morgan fingerprint density at radius 3 is 2.44 bits per heavy atom. The number of hydrogen-bond acceptors (Lipinski definition) is 5. The number of amides is 3. The Kier molecular flexibility index (Phi) is 5.23. The number of carbonyl (C=O) groups excluding carboxylic acids is 2. The standard InChI is InChI=1S/C20H22N4O3/c1-20(16-6-4-3-5-7-16)18(26)24(19(27)22-20)21-14-15-8-10-17(11-9-15)23(2)12-13-25/h3-11,14,25H,12-13H2,1-2H3,(H,22,27)/b21-14-/t20-/m0/s1. The number of hydrazone groups is 1. The molecule has 0 saturated carbocycles. The first-order chi connectivity index (χ1) is 13.0. The number of anilines is 1. The van der Waals surface area contributed by atoms with Crippen LogP contribution in [0.4, 0.5) is 10.5 Å². The Balaban J connectivity index is 1.76. The number of nitrogens with one attached hydrogen (secondary N) is 1. The van der Waals surface area contributed by atoms with Crippen molar-refractivity contribution in [2.45, 2.75) is 12.5 Å². The van der Waals surface area contributed by atoms with E-state index in [2.05, 4.69) is 10.4 Å². The third-order valence-electron chi connectivity index (χ3n) is 4.61. The average molecular weight is 366 g/mol. The summed E-state index contributed by atoms with van der Waals surface area (Å²) in [5, 5.41) is 16.6. The number of likely N-dealkylation sites (N-methyl/N-ethyl adjacent to an activating group) is 1. The van der Waals surface area contributed by atoms with Gasteiger partial charge in [0.1, 0.15) is 5.54 Å². The lowest BCUT2D eigenvalue weighted by Crippen LogP contribution is -2.40. The molecule has 27 heavy (non-hydrogen) atoms. The van der Waals surface area contributed by atoms with E-state index < -0.39 is 17.5 Å². The van der Waals surface area contributed by atoms with Gasteiger partial charge in [0.05, 0.1) is 12.8 Å². The Morgan fingerprint density at radius 1 is 1.15 bits per heavy atom. The molecule has 2 aromatic rings. The van der Waals surface area contributed by atoms with E-state index in [1.54, 1.807) is 19.1 Å². The van der Waals surface area contributed by atoms with Gasteiger partial charge in [-0.05, 0) is 30.2 Å². The molecule has 3 rings (SSSR count). The fraction of sp³-hybridized carbons (Fsp3) is 0.250. The summed E-state index contributed by atoms with van der Waals surface area (Å²) < 4.78 is 0. The number of urea groups is 1. The molecule has 0 aliphatic carbocycles. The minimum atomic E-state index is -1.13. The molecule has 0 radical (unpaired) electrons. The third-order valence-corrected chi connectivity index (χ3v) is 4.61. The van der Waals surface area contributed by atoms with Crippen molar-refractivity contribution < 1.29 is 14.7 Å². The molecule has 1 atom stereocenters. The van der Waals surface area contributed by atoms with Crippen LogP contribution in [0, 0.1) is 0 Å². The Labute approximate surface area is 157 Å². The zero-order valence-corrected chi connectivity index (χ0v) is 15.3. The number of aliphatic hydroxyl groups is 1. The molecule has 140 valence electrons. The van der Waals surface area contributed by atoms with Gasteiger partial charge in [0.2, 0.25) is 0 Å². The molecule has 7 nitrogen and oxygen atoms in total. The average Bonchev–Trinajstić information content (AvgIpc) is 2.91. The molecule has 1 fully saturated rings. The smallest absolute Gasteiger partial charge is 0.346 e. The van der Waals surface area contributed by atoms with E-state index in [1.165, 1.54) is 6.21 Å². The molecule has 0 aromatic heterocycles. The molecule has 2 aromatic carbocycles. The molecule has 1 saturated heterocycles. The van der Waals surface area contributed by atoms with Gasteiger partial charge in [-0.1, -0.05) is 42.5 Å². The number of rotatable bonds is 6. The van der Waals surface area contributed by atoms with Crippen molar-refractivity contribution in [3.63, 3.8) is 0 Å². The van der Waals surface area contributed by atoms with E-state index in [4.69, 9.17) is 5.11 Å². The summed E-state index contributed by atoms with van der Waals surface area (Å²) in [6.45, 7) is 2.28. The van der Waals surface area contributed by atoms with Gasteiger partial charge in [-0.25, -0.2) is 4.79 Å². The molecule has 1 aliphatic heterocycles. The summed E-state index contributed by atoms with van der Waals surface area (Å²) in [4.78, 5) is 27.0. The topological polar surface area (TPSA) is 85.2 Å². The van der Waals surface area contributed by atoms with Crippen molar-refractivity contribution in [3.05, 3.63) is 65.7 Å². The van der Waals surface area contributed by atoms with Crippen molar-refractivity contribution >= 4 is 23.8 Å². The number of imide groups is 1. The van der Waals surface area contributed by atoms with Crippen LogP contribution in [0.3, 0.4) is 0 Å². The van der Waals surface area contributed by atoms with Crippen LogP contribution >= 0.6 is 0 Å². The van der Waals surface area contributed by atoms with Gasteiger partial charge >= 0.3 is 6.03 Å². The Morgan fingerprint density at radius 2 is 1.81 bits per heavy atom. The monoisotopic (exact) mass is 366 g/mol. The molecule has 0 bridgehead atoms. The zero-order chi connectivity index (χ0) is 19.4. The van der Waals surface area contributed by atoms with Crippen molar-refractivity contribution in [1.82, 2.24) is 10.3 Å². The van der Waals surface area contributed by atoms with E-state index in [0.29, 0.717) is 12.1 Å². The van der Waals surface area contributed by atoms with Crippen molar-refractivity contribution in [2.75, 3.05) is 25.1 Å². The Hall–Kier alpha value is -3.19. The van der Waals surface area contributed by atoms with Crippen LogP contribution in [-0.4, -0.2) is 48.5 Å². The van der Waals surface area contributed by atoms with E-state index >= 15 is 0 Å². The summed E-state index contributed by atoms with van der Waals surface area (Å²) in [6, 6.07) is 16.0. The fourth-order valence-corrected chi connectivity index (χ4v) is 2.91. The largest absolute Gasteiger partial charge is 0.395 e. The van der Waals surface area contributed by atoms with Crippen LogP contribution in [0.15, 0.2) is 59.7 Å². The summed E-state index contributed by atoms with van der Waals surface area (Å²) in [5.41, 5.74) is 1.28. The fourth-order valence-electron chi connectivity index (χ4n) is 2.91. The van der Waals surface area contributed by atoms with Crippen LogP contribution in [0.2, 0.25) is 0 Å². The summed E-state index contributed by atoms with van der Waals surface area (Å²) in [5.74, 6) is -0.422. The lowest BCUT2D eigenvalue weighted by atomic mass is 9.92. The van der Waals surface area contributed by atoms with Crippen molar-refractivity contribution in [1.29, 1.82) is 0 Å². The quantitative estimate of drug-likeness (QED) is 0.604. The van der Waals surface area contributed by atoms with Gasteiger partial charge in [-0.2, -0.15) is 5.10 Å².